The summed E-state index contributed by atoms with van der Waals surface area (Å²) < 4.78 is 5.55. The van der Waals surface area contributed by atoms with E-state index in [0.29, 0.717) is 18.1 Å². The SMILES string of the molecule is COC(=O)C1CN(c2ccc(Cl)c(Br)c2)C1. The van der Waals surface area contributed by atoms with Crippen LogP contribution in [0, 0.1) is 5.92 Å². The Kier molecular flexibility index (Phi) is 3.40. The van der Waals surface area contributed by atoms with E-state index < -0.39 is 0 Å². The highest BCUT2D eigenvalue weighted by Gasteiger charge is 2.33. The molecule has 86 valence electrons. The zero-order valence-corrected chi connectivity index (χ0v) is 11.1. The fourth-order valence-electron chi connectivity index (χ4n) is 1.69. The van der Waals surface area contributed by atoms with Crippen molar-refractivity contribution in [1.29, 1.82) is 0 Å². The summed E-state index contributed by atoms with van der Waals surface area (Å²) in [5.41, 5.74) is 1.07. The van der Waals surface area contributed by atoms with Crippen LogP contribution < -0.4 is 4.90 Å². The lowest BCUT2D eigenvalue weighted by molar-refractivity contribution is -0.146. The lowest BCUT2D eigenvalue weighted by Crippen LogP contribution is -2.50. The third-order valence-electron chi connectivity index (χ3n) is 2.68. The molecule has 1 saturated heterocycles. The van der Waals surface area contributed by atoms with E-state index in [9.17, 15) is 4.79 Å². The summed E-state index contributed by atoms with van der Waals surface area (Å²) in [7, 11) is 1.42. The quantitative estimate of drug-likeness (QED) is 0.787. The van der Waals surface area contributed by atoms with E-state index in [1.807, 2.05) is 18.2 Å². The van der Waals surface area contributed by atoms with Crippen molar-refractivity contribution in [3.63, 3.8) is 0 Å². The van der Waals surface area contributed by atoms with Crippen LogP contribution >= 0.6 is 27.5 Å². The van der Waals surface area contributed by atoms with Gasteiger partial charge in [-0.25, -0.2) is 0 Å². The molecular formula is C11H11BrClNO2. The number of anilines is 1. The van der Waals surface area contributed by atoms with Crippen molar-refractivity contribution in [2.24, 2.45) is 5.92 Å². The molecule has 3 nitrogen and oxygen atoms in total. The van der Waals surface area contributed by atoms with Crippen molar-refractivity contribution in [1.82, 2.24) is 0 Å². The van der Waals surface area contributed by atoms with Crippen molar-refractivity contribution < 1.29 is 9.53 Å². The Labute approximate surface area is 107 Å². The first-order valence-corrected chi connectivity index (χ1v) is 6.06. The summed E-state index contributed by atoms with van der Waals surface area (Å²) in [4.78, 5) is 13.3. The number of rotatable bonds is 2. The van der Waals surface area contributed by atoms with Gasteiger partial charge in [-0.15, -0.1) is 0 Å². The highest BCUT2D eigenvalue weighted by molar-refractivity contribution is 9.10. The molecule has 0 amide bonds. The number of carbonyl (C=O) groups excluding carboxylic acids is 1. The van der Waals surface area contributed by atoms with E-state index in [1.54, 1.807) is 0 Å². The standard InChI is InChI=1S/C11H11BrClNO2/c1-16-11(15)7-5-14(6-7)8-2-3-10(13)9(12)4-8/h2-4,7H,5-6H2,1H3. The van der Waals surface area contributed by atoms with Gasteiger partial charge in [-0.1, -0.05) is 11.6 Å². The Morgan fingerprint density at radius 1 is 1.56 bits per heavy atom. The van der Waals surface area contributed by atoms with Gasteiger partial charge in [-0.2, -0.15) is 0 Å². The van der Waals surface area contributed by atoms with Gasteiger partial charge in [0.15, 0.2) is 0 Å². The van der Waals surface area contributed by atoms with E-state index >= 15 is 0 Å². The molecule has 1 aromatic carbocycles. The molecule has 0 saturated carbocycles. The molecule has 1 aliphatic rings. The number of hydrogen-bond acceptors (Lipinski definition) is 3. The van der Waals surface area contributed by atoms with Crippen LogP contribution in [0.4, 0.5) is 5.69 Å². The zero-order chi connectivity index (χ0) is 11.7. The molecule has 0 atom stereocenters. The van der Waals surface area contributed by atoms with Gasteiger partial charge in [0.1, 0.15) is 0 Å². The second-order valence-electron chi connectivity index (χ2n) is 3.72. The first-order valence-electron chi connectivity index (χ1n) is 4.89. The fraction of sp³-hybridized carbons (Fsp3) is 0.364. The monoisotopic (exact) mass is 303 g/mol. The average molecular weight is 305 g/mol. The molecule has 0 unspecified atom stereocenters. The minimum absolute atomic E-state index is 0.000506. The van der Waals surface area contributed by atoms with Gasteiger partial charge < -0.3 is 9.64 Å². The molecule has 0 spiro atoms. The summed E-state index contributed by atoms with van der Waals surface area (Å²) in [6, 6.07) is 5.74. The number of halogens is 2. The highest BCUT2D eigenvalue weighted by Crippen LogP contribution is 2.31. The minimum atomic E-state index is -0.135. The van der Waals surface area contributed by atoms with Gasteiger partial charge in [0.2, 0.25) is 0 Å². The molecule has 1 heterocycles. The highest BCUT2D eigenvalue weighted by atomic mass is 79.9. The summed E-state index contributed by atoms with van der Waals surface area (Å²) >= 11 is 9.28. The predicted molar refractivity (Wildman–Crippen MR) is 66.9 cm³/mol. The summed E-state index contributed by atoms with van der Waals surface area (Å²) in [5.74, 6) is -0.135. The molecule has 5 heteroatoms. The molecule has 1 fully saturated rings. The maximum Gasteiger partial charge on any atom is 0.312 e. The van der Waals surface area contributed by atoms with Crippen molar-refractivity contribution in [2.45, 2.75) is 0 Å². The lowest BCUT2D eigenvalue weighted by Gasteiger charge is -2.39. The van der Waals surface area contributed by atoms with Crippen molar-refractivity contribution in [2.75, 3.05) is 25.1 Å². The Balaban J connectivity index is 2.01. The maximum absolute atomic E-state index is 11.2. The van der Waals surface area contributed by atoms with Crippen molar-refractivity contribution in [3.05, 3.63) is 27.7 Å². The van der Waals surface area contributed by atoms with Gasteiger partial charge >= 0.3 is 5.97 Å². The van der Waals surface area contributed by atoms with Crippen molar-refractivity contribution in [3.8, 4) is 0 Å². The average Bonchev–Trinajstić information content (AvgIpc) is 2.21. The topological polar surface area (TPSA) is 29.5 Å². The smallest absolute Gasteiger partial charge is 0.312 e. The first kappa shape index (κ1) is 11.7. The molecule has 2 rings (SSSR count). The van der Waals surface area contributed by atoms with E-state index in [-0.39, 0.29) is 11.9 Å². The summed E-state index contributed by atoms with van der Waals surface area (Å²) in [6.07, 6.45) is 0. The van der Waals surface area contributed by atoms with Crippen LogP contribution in [0.3, 0.4) is 0 Å². The largest absolute Gasteiger partial charge is 0.469 e. The number of nitrogens with zero attached hydrogens (tertiary/aromatic N) is 1. The molecule has 0 N–H and O–H groups in total. The molecule has 0 aromatic heterocycles. The van der Waals surface area contributed by atoms with Crippen LogP contribution in [0.25, 0.3) is 0 Å². The predicted octanol–water partition coefficient (Wildman–Crippen LogP) is 2.71. The molecule has 0 aliphatic carbocycles. The van der Waals surface area contributed by atoms with E-state index in [4.69, 9.17) is 11.6 Å². The number of methoxy groups -OCH3 is 1. The summed E-state index contributed by atoms with van der Waals surface area (Å²) in [5, 5.41) is 0.689. The minimum Gasteiger partial charge on any atom is -0.469 e. The molecule has 0 radical (unpaired) electrons. The van der Waals surface area contributed by atoms with Crippen LogP contribution in [0.5, 0.6) is 0 Å². The van der Waals surface area contributed by atoms with Crippen LogP contribution in [-0.2, 0) is 9.53 Å². The maximum atomic E-state index is 11.2. The third kappa shape index (κ3) is 2.18. The second kappa shape index (κ2) is 4.63. The Morgan fingerprint density at radius 2 is 2.25 bits per heavy atom. The van der Waals surface area contributed by atoms with Gasteiger partial charge in [0.25, 0.3) is 0 Å². The molecule has 16 heavy (non-hydrogen) atoms. The van der Waals surface area contributed by atoms with E-state index in [2.05, 4.69) is 25.6 Å². The molecule has 1 aromatic rings. The van der Waals surface area contributed by atoms with Gasteiger partial charge in [0.05, 0.1) is 18.1 Å². The fourth-order valence-corrected chi connectivity index (χ4v) is 2.17. The van der Waals surface area contributed by atoms with Gasteiger partial charge in [-0.05, 0) is 34.1 Å². The Bertz CT molecular complexity index is 418. The second-order valence-corrected chi connectivity index (χ2v) is 4.99. The zero-order valence-electron chi connectivity index (χ0n) is 8.74. The first-order chi connectivity index (χ1) is 7.61. The molecule has 0 bridgehead atoms. The number of benzene rings is 1. The van der Waals surface area contributed by atoms with Crippen molar-refractivity contribution >= 4 is 39.2 Å². The normalized spacial score (nSPS) is 15.8. The van der Waals surface area contributed by atoms with Crippen LogP contribution in [-0.4, -0.2) is 26.2 Å². The summed E-state index contributed by atoms with van der Waals surface area (Å²) in [6.45, 7) is 1.42. The van der Waals surface area contributed by atoms with Crippen LogP contribution in [0.15, 0.2) is 22.7 Å². The number of carbonyl (C=O) groups is 1. The Morgan fingerprint density at radius 3 is 2.81 bits per heavy atom. The number of hydrogen-bond donors (Lipinski definition) is 0. The lowest BCUT2D eigenvalue weighted by atomic mass is 9.99. The van der Waals surface area contributed by atoms with E-state index in [1.165, 1.54) is 7.11 Å². The number of ether oxygens (including phenoxy) is 1. The van der Waals surface area contributed by atoms with Gasteiger partial charge in [-0.3, -0.25) is 4.79 Å². The number of esters is 1. The molecular weight excluding hydrogens is 293 g/mol. The van der Waals surface area contributed by atoms with Gasteiger partial charge in [0, 0.05) is 23.2 Å². The van der Waals surface area contributed by atoms with Crippen LogP contribution in [0.1, 0.15) is 0 Å². The Hall–Kier alpha value is -0.740. The van der Waals surface area contributed by atoms with E-state index in [0.717, 1.165) is 10.2 Å². The van der Waals surface area contributed by atoms with Crippen LogP contribution in [0.2, 0.25) is 5.02 Å². The third-order valence-corrected chi connectivity index (χ3v) is 3.90. The molecule has 1 aliphatic heterocycles.